The van der Waals surface area contributed by atoms with Crippen LogP contribution in [0.4, 0.5) is 0 Å². The molecule has 5 nitrogen and oxygen atoms in total. The third-order valence-corrected chi connectivity index (χ3v) is 8.35. The molecule has 196 valence electrons. The molecule has 2 aromatic rings. The smallest absolute Gasteiger partial charge is 0.344 e. The van der Waals surface area contributed by atoms with Crippen LogP contribution in [0.2, 0.25) is 0 Å². The first-order chi connectivity index (χ1) is 17.5. The highest BCUT2D eigenvalue weighted by Gasteiger charge is 2.52. The van der Waals surface area contributed by atoms with Gasteiger partial charge in [-0.1, -0.05) is 36.9 Å². The number of ether oxygens (including phenoxy) is 3. The first kappa shape index (κ1) is 25.6. The minimum absolute atomic E-state index is 0.110. The third kappa shape index (κ3) is 5.32. The van der Waals surface area contributed by atoms with Gasteiger partial charge in [0.1, 0.15) is 11.4 Å². The van der Waals surface area contributed by atoms with Gasteiger partial charge in [0.05, 0.1) is 12.7 Å². The molecular weight excluding hydrogens is 464 g/mol. The van der Waals surface area contributed by atoms with Gasteiger partial charge in [0.2, 0.25) is 0 Å². The van der Waals surface area contributed by atoms with Crippen molar-refractivity contribution >= 4 is 17.5 Å². The van der Waals surface area contributed by atoms with E-state index in [-0.39, 0.29) is 18.0 Å². The fourth-order valence-electron chi connectivity index (χ4n) is 7.35. The molecule has 0 amide bonds. The van der Waals surface area contributed by atoms with Gasteiger partial charge in [0.25, 0.3) is 0 Å². The monoisotopic (exact) mass is 502 g/mol. The van der Waals surface area contributed by atoms with Crippen molar-refractivity contribution in [1.29, 1.82) is 0 Å². The maximum absolute atomic E-state index is 12.3. The molecule has 0 atom stereocenters. The fourth-order valence-corrected chi connectivity index (χ4v) is 7.35. The van der Waals surface area contributed by atoms with Gasteiger partial charge >= 0.3 is 11.9 Å². The molecule has 0 aliphatic heterocycles. The highest BCUT2D eigenvalue weighted by Crippen LogP contribution is 2.62. The number of hydrogen-bond donors (Lipinski definition) is 0. The van der Waals surface area contributed by atoms with Crippen LogP contribution in [0.15, 0.2) is 49.0 Å². The summed E-state index contributed by atoms with van der Waals surface area (Å²) in [5.41, 5.74) is 4.33. The van der Waals surface area contributed by atoms with E-state index in [0.717, 1.165) is 28.9 Å². The van der Waals surface area contributed by atoms with E-state index in [2.05, 4.69) is 30.8 Å². The Hall–Kier alpha value is -3.08. The number of rotatable bonds is 7. The Morgan fingerprint density at radius 2 is 1.54 bits per heavy atom. The molecule has 4 aliphatic rings. The van der Waals surface area contributed by atoms with E-state index in [1.54, 1.807) is 0 Å². The average molecular weight is 503 g/mol. The van der Waals surface area contributed by atoms with Crippen LogP contribution in [0.5, 0.6) is 5.75 Å². The van der Waals surface area contributed by atoms with Gasteiger partial charge in [0.15, 0.2) is 6.61 Å². The number of benzene rings is 2. The molecule has 4 aliphatic carbocycles. The Balaban J connectivity index is 1.48. The highest BCUT2D eigenvalue weighted by atomic mass is 16.6. The molecule has 0 saturated heterocycles. The van der Waals surface area contributed by atoms with Crippen molar-refractivity contribution in [1.82, 2.24) is 0 Å². The van der Waals surface area contributed by atoms with E-state index in [9.17, 15) is 9.59 Å². The summed E-state index contributed by atoms with van der Waals surface area (Å²) in [6, 6.07) is 14.2. The summed E-state index contributed by atoms with van der Waals surface area (Å²) in [5.74, 6) is 2.32. The topological polar surface area (TPSA) is 61.8 Å². The first-order valence-electron chi connectivity index (χ1n) is 13.4. The molecule has 0 N–H and O–H groups in total. The predicted molar refractivity (Wildman–Crippen MR) is 144 cm³/mol. The molecule has 0 radical (unpaired) electrons. The number of methoxy groups -OCH3 is 1. The van der Waals surface area contributed by atoms with Crippen molar-refractivity contribution in [3.63, 3.8) is 0 Å². The van der Waals surface area contributed by atoms with Crippen LogP contribution in [-0.2, 0) is 24.5 Å². The normalized spacial score (nSPS) is 26.0. The van der Waals surface area contributed by atoms with E-state index >= 15 is 0 Å². The Labute approximate surface area is 220 Å². The minimum Gasteiger partial charge on any atom is -0.482 e. The SMILES string of the molecule is C=C(C(=O)OC)c1ccc(-c2ccc(OCC(=O)OC(C)(C)C)cc2C23CC4CC(CC(C4)C2)C3)cc1. The lowest BCUT2D eigenvalue weighted by atomic mass is 9.47. The number of carbonyl (C=O) groups is 2. The van der Waals surface area contributed by atoms with Gasteiger partial charge in [-0.25, -0.2) is 9.59 Å². The quantitative estimate of drug-likeness (QED) is 0.310. The molecule has 0 unspecified atom stereocenters. The van der Waals surface area contributed by atoms with Gasteiger partial charge in [-0.15, -0.1) is 0 Å². The first-order valence-corrected chi connectivity index (χ1v) is 13.4. The number of carbonyl (C=O) groups excluding carboxylic acids is 2. The van der Waals surface area contributed by atoms with Crippen LogP contribution < -0.4 is 4.74 Å². The van der Waals surface area contributed by atoms with E-state index in [4.69, 9.17) is 14.2 Å². The van der Waals surface area contributed by atoms with E-state index in [1.165, 1.54) is 56.8 Å². The van der Waals surface area contributed by atoms with E-state index in [0.29, 0.717) is 11.3 Å². The lowest BCUT2D eigenvalue weighted by Crippen LogP contribution is -2.48. The van der Waals surface area contributed by atoms with Crippen LogP contribution in [0, 0.1) is 17.8 Å². The van der Waals surface area contributed by atoms with Crippen molar-refractivity contribution in [3.8, 4) is 16.9 Å². The molecule has 5 heteroatoms. The van der Waals surface area contributed by atoms with Gasteiger partial charge in [0, 0.05) is 0 Å². The molecule has 2 aromatic carbocycles. The van der Waals surface area contributed by atoms with Crippen LogP contribution in [-0.4, -0.2) is 31.3 Å². The van der Waals surface area contributed by atoms with Crippen LogP contribution in [0.1, 0.15) is 70.4 Å². The summed E-state index contributed by atoms with van der Waals surface area (Å²) in [5, 5.41) is 0. The molecule has 37 heavy (non-hydrogen) atoms. The highest BCUT2D eigenvalue weighted by molar-refractivity contribution is 6.15. The summed E-state index contributed by atoms with van der Waals surface area (Å²) in [7, 11) is 1.37. The van der Waals surface area contributed by atoms with Crippen molar-refractivity contribution < 1.29 is 23.8 Å². The number of hydrogen-bond acceptors (Lipinski definition) is 5. The largest absolute Gasteiger partial charge is 0.482 e. The average Bonchev–Trinajstić information content (AvgIpc) is 2.85. The van der Waals surface area contributed by atoms with Gasteiger partial charge in [-0.2, -0.15) is 0 Å². The molecule has 0 heterocycles. The maximum Gasteiger partial charge on any atom is 0.344 e. The molecule has 4 saturated carbocycles. The summed E-state index contributed by atoms with van der Waals surface area (Å²) >= 11 is 0. The molecule has 0 aromatic heterocycles. The van der Waals surface area contributed by atoms with Crippen LogP contribution >= 0.6 is 0 Å². The van der Waals surface area contributed by atoms with Crippen molar-refractivity contribution in [2.24, 2.45) is 17.8 Å². The zero-order valence-electron chi connectivity index (χ0n) is 22.5. The number of esters is 2. The lowest BCUT2D eigenvalue weighted by Gasteiger charge is -2.57. The van der Waals surface area contributed by atoms with Crippen molar-refractivity contribution in [2.75, 3.05) is 13.7 Å². The van der Waals surface area contributed by atoms with Gasteiger partial charge in [-0.05, 0) is 117 Å². The zero-order chi connectivity index (χ0) is 26.4. The summed E-state index contributed by atoms with van der Waals surface area (Å²) < 4.78 is 16.2. The molecule has 6 rings (SSSR count). The Kier molecular flexibility index (Phi) is 6.68. The Morgan fingerprint density at radius 3 is 2.08 bits per heavy atom. The second kappa shape index (κ2) is 9.66. The van der Waals surface area contributed by atoms with Gasteiger partial charge in [-0.3, -0.25) is 0 Å². The Bertz CT molecular complexity index is 1170. The van der Waals surface area contributed by atoms with Gasteiger partial charge < -0.3 is 14.2 Å². The maximum atomic E-state index is 12.3. The van der Waals surface area contributed by atoms with Crippen molar-refractivity contribution in [3.05, 3.63) is 60.2 Å². The van der Waals surface area contributed by atoms with E-state index < -0.39 is 11.6 Å². The second-order valence-electron chi connectivity index (χ2n) is 12.3. The van der Waals surface area contributed by atoms with E-state index in [1.807, 2.05) is 39.0 Å². The third-order valence-electron chi connectivity index (χ3n) is 8.35. The summed E-state index contributed by atoms with van der Waals surface area (Å²) in [4.78, 5) is 24.2. The van der Waals surface area contributed by atoms with Crippen LogP contribution in [0.25, 0.3) is 16.7 Å². The fraction of sp³-hybridized carbons (Fsp3) is 0.500. The molecule has 4 bridgehead atoms. The van der Waals surface area contributed by atoms with Crippen LogP contribution in [0.3, 0.4) is 0 Å². The standard InChI is InChI=1S/C32H38O5/c1-20(30(34)35-5)24-6-8-25(9-7-24)27-11-10-26(36-19-29(33)37-31(2,3)4)15-28(27)32-16-21-12-22(17-32)14-23(13-21)18-32/h6-11,15,21-23H,1,12-14,16-19H2,2-5H3. The Morgan fingerprint density at radius 1 is 0.946 bits per heavy atom. The summed E-state index contributed by atoms with van der Waals surface area (Å²) in [6.07, 6.45) is 7.77. The summed E-state index contributed by atoms with van der Waals surface area (Å²) in [6.45, 7) is 9.35. The molecule has 4 fully saturated rings. The predicted octanol–water partition coefficient (Wildman–Crippen LogP) is 6.73. The molecular formula is C32H38O5. The zero-order valence-corrected chi connectivity index (χ0v) is 22.5. The second-order valence-corrected chi connectivity index (χ2v) is 12.3. The van der Waals surface area contributed by atoms with Crippen molar-refractivity contribution in [2.45, 2.75) is 70.3 Å². The molecule has 0 spiro atoms. The lowest BCUT2D eigenvalue weighted by molar-refractivity contribution is -0.157. The minimum atomic E-state index is -0.542.